The highest BCUT2D eigenvalue weighted by molar-refractivity contribution is 6.03. The number of nitrogens with zero attached hydrogens (tertiary/aromatic N) is 2. The Bertz CT molecular complexity index is 989. The number of hydrogen-bond donors (Lipinski definition) is 3. The zero-order chi connectivity index (χ0) is 19.9. The largest absolute Gasteiger partial charge is 0.495 e. The summed E-state index contributed by atoms with van der Waals surface area (Å²) in [6.45, 7) is 1.42. The second-order valence-electron chi connectivity index (χ2n) is 5.85. The van der Waals surface area contributed by atoms with Crippen LogP contribution in [0, 0.1) is 0 Å². The summed E-state index contributed by atoms with van der Waals surface area (Å²) < 4.78 is 5.28. The number of aromatic nitrogens is 2. The van der Waals surface area contributed by atoms with Gasteiger partial charge in [0.1, 0.15) is 5.75 Å². The Balaban J connectivity index is 1.68. The van der Waals surface area contributed by atoms with E-state index in [1.807, 2.05) is 24.3 Å². The summed E-state index contributed by atoms with van der Waals surface area (Å²) in [6.07, 6.45) is 0. The second-order valence-corrected chi connectivity index (χ2v) is 5.85. The molecule has 3 N–H and O–H groups in total. The molecule has 28 heavy (non-hydrogen) atoms. The SMILES string of the molecule is COc1ccccc1Nc1ccc(C(=O)Nc2cccc(NC(C)=O)c2)nn1. The van der Waals surface area contributed by atoms with Crippen LogP contribution in [0.4, 0.5) is 22.9 Å². The summed E-state index contributed by atoms with van der Waals surface area (Å²) in [5, 5.41) is 16.5. The van der Waals surface area contributed by atoms with Gasteiger partial charge in [-0.1, -0.05) is 18.2 Å². The zero-order valence-corrected chi connectivity index (χ0v) is 15.4. The molecule has 142 valence electrons. The first-order valence-corrected chi connectivity index (χ1v) is 8.48. The van der Waals surface area contributed by atoms with Crippen LogP contribution in [0.25, 0.3) is 0 Å². The molecule has 0 unspecified atom stereocenters. The van der Waals surface area contributed by atoms with E-state index < -0.39 is 5.91 Å². The van der Waals surface area contributed by atoms with Gasteiger partial charge in [0.2, 0.25) is 5.91 Å². The summed E-state index contributed by atoms with van der Waals surface area (Å²) in [5.41, 5.74) is 2.03. The molecule has 0 saturated carbocycles. The molecule has 0 bridgehead atoms. The average Bonchev–Trinajstić information content (AvgIpc) is 2.68. The minimum absolute atomic E-state index is 0.163. The monoisotopic (exact) mass is 377 g/mol. The molecule has 0 fully saturated rings. The molecule has 2 amide bonds. The van der Waals surface area contributed by atoms with Crippen molar-refractivity contribution in [3.05, 3.63) is 66.4 Å². The van der Waals surface area contributed by atoms with Gasteiger partial charge in [-0.3, -0.25) is 9.59 Å². The number of nitrogens with one attached hydrogen (secondary N) is 3. The fraction of sp³-hybridized carbons (Fsp3) is 0.100. The highest BCUT2D eigenvalue weighted by atomic mass is 16.5. The van der Waals surface area contributed by atoms with Crippen LogP contribution >= 0.6 is 0 Å². The van der Waals surface area contributed by atoms with Gasteiger partial charge in [0.25, 0.3) is 5.91 Å². The number of anilines is 4. The number of carbonyl (C=O) groups excluding carboxylic acids is 2. The van der Waals surface area contributed by atoms with Crippen LogP contribution in [-0.4, -0.2) is 29.1 Å². The third-order valence-corrected chi connectivity index (χ3v) is 3.71. The summed E-state index contributed by atoms with van der Waals surface area (Å²) in [4.78, 5) is 23.5. The number of benzene rings is 2. The Kier molecular flexibility index (Phi) is 5.81. The van der Waals surface area contributed by atoms with E-state index in [0.29, 0.717) is 22.9 Å². The van der Waals surface area contributed by atoms with Crippen molar-refractivity contribution in [2.45, 2.75) is 6.92 Å². The summed E-state index contributed by atoms with van der Waals surface area (Å²) in [7, 11) is 1.58. The van der Waals surface area contributed by atoms with Crippen molar-refractivity contribution in [2.24, 2.45) is 0 Å². The minimum atomic E-state index is -0.406. The van der Waals surface area contributed by atoms with Gasteiger partial charge >= 0.3 is 0 Å². The molecule has 0 aliphatic heterocycles. The normalized spacial score (nSPS) is 10.1. The molecular formula is C20H19N5O3. The molecule has 3 aromatic rings. The van der Waals surface area contributed by atoms with E-state index in [2.05, 4.69) is 26.1 Å². The number of hydrogen-bond acceptors (Lipinski definition) is 6. The third kappa shape index (κ3) is 4.82. The maximum atomic E-state index is 12.4. The Morgan fingerprint density at radius 2 is 1.64 bits per heavy atom. The van der Waals surface area contributed by atoms with Crippen molar-refractivity contribution < 1.29 is 14.3 Å². The quantitative estimate of drug-likeness (QED) is 0.608. The van der Waals surface area contributed by atoms with Gasteiger partial charge in [0.05, 0.1) is 12.8 Å². The molecule has 0 saturated heterocycles. The van der Waals surface area contributed by atoms with Gasteiger partial charge in [0.15, 0.2) is 11.5 Å². The highest BCUT2D eigenvalue weighted by Crippen LogP contribution is 2.25. The van der Waals surface area contributed by atoms with Gasteiger partial charge in [0, 0.05) is 18.3 Å². The molecule has 0 aliphatic rings. The fourth-order valence-electron chi connectivity index (χ4n) is 2.48. The van der Waals surface area contributed by atoms with Crippen LogP contribution in [0.2, 0.25) is 0 Å². The van der Waals surface area contributed by atoms with Gasteiger partial charge in [-0.15, -0.1) is 10.2 Å². The van der Waals surface area contributed by atoms with Gasteiger partial charge in [-0.2, -0.15) is 0 Å². The molecule has 8 heteroatoms. The maximum absolute atomic E-state index is 12.4. The maximum Gasteiger partial charge on any atom is 0.276 e. The first kappa shape index (κ1) is 18.8. The lowest BCUT2D eigenvalue weighted by Gasteiger charge is -2.10. The summed E-state index contributed by atoms with van der Waals surface area (Å²) in [5.74, 6) is 0.558. The van der Waals surface area contributed by atoms with Crippen LogP contribution in [0.3, 0.4) is 0 Å². The molecule has 0 atom stereocenters. The molecule has 1 aromatic heterocycles. The molecule has 0 spiro atoms. The standard InChI is InChI=1S/C20H19N5O3/c1-13(26)21-14-6-5-7-15(12-14)22-20(27)17-10-11-19(25-24-17)23-16-8-3-4-9-18(16)28-2/h3-12H,1-2H3,(H,21,26)(H,22,27)(H,23,25). The molecule has 8 nitrogen and oxygen atoms in total. The smallest absolute Gasteiger partial charge is 0.276 e. The predicted octanol–water partition coefficient (Wildman–Crippen LogP) is 3.44. The average molecular weight is 377 g/mol. The topological polar surface area (TPSA) is 105 Å². The first-order chi connectivity index (χ1) is 13.5. The van der Waals surface area contributed by atoms with Crippen molar-refractivity contribution in [1.82, 2.24) is 10.2 Å². The molecule has 2 aromatic carbocycles. The van der Waals surface area contributed by atoms with Crippen molar-refractivity contribution in [3.8, 4) is 5.75 Å². The first-order valence-electron chi connectivity index (χ1n) is 8.48. The third-order valence-electron chi connectivity index (χ3n) is 3.71. The second kappa shape index (κ2) is 8.63. The van der Waals surface area contributed by atoms with E-state index in [-0.39, 0.29) is 11.6 Å². The van der Waals surface area contributed by atoms with Crippen molar-refractivity contribution in [3.63, 3.8) is 0 Å². The van der Waals surface area contributed by atoms with Crippen molar-refractivity contribution >= 4 is 34.7 Å². The fourth-order valence-corrected chi connectivity index (χ4v) is 2.48. The lowest BCUT2D eigenvalue weighted by atomic mass is 10.2. The minimum Gasteiger partial charge on any atom is -0.495 e. The number of ether oxygens (including phenoxy) is 1. The molecule has 1 heterocycles. The molecule has 3 rings (SSSR count). The molecular weight excluding hydrogens is 358 g/mol. The lowest BCUT2D eigenvalue weighted by Crippen LogP contribution is -2.15. The van der Waals surface area contributed by atoms with Gasteiger partial charge in [-0.25, -0.2) is 0 Å². The molecule has 0 radical (unpaired) electrons. The number of amides is 2. The summed E-state index contributed by atoms with van der Waals surface area (Å²) in [6, 6.07) is 17.5. The Hall–Kier alpha value is -3.94. The highest BCUT2D eigenvalue weighted by Gasteiger charge is 2.10. The van der Waals surface area contributed by atoms with Crippen LogP contribution in [0.1, 0.15) is 17.4 Å². The van der Waals surface area contributed by atoms with Crippen LogP contribution in [-0.2, 0) is 4.79 Å². The van der Waals surface area contributed by atoms with Crippen molar-refractivity contribution in [2.75, 3.05) is 23.1 Å². The number of rotatable bonds is 6. The van der Waals surface area contributed by atoms with Crippen LogP contribution in [0.15, 0.2) is 60.7 Å². The Morgan fingerprint density at radius 1 is 0.893 bits per heavy atom. The van der Waals surface area contributed by atoms with E-state index in [1.165, 1.54) is 6.92 Å². The lowest BCUT2D eigenvalue weighted by molar-refractivity contribution is -0.114. The zero-order valence-electron chi connectivity index (χ0n) is 15.4. The number of methoxy groups -OCH3 is 1. The van der Waals surface area contributed by atoms with Crippen molar-refractivity contribution in [1.29, 1.82) is 0 Å². The Morgan fingerprint density at radius 3 is 2.32 bits per heavy atom. The van der Waals surface area contributed by atoms with Crippen LogP contribution < -0.4 is 20.7 Å². The molecule has 0 aliphatic carbocycles. The van der Waals surface area contributed by atoms with Gasteiger partial charge < -0.3 is 20.7 Å². The van der Waals surface area contributed by atoms with E-state index in [4.69, 9.17) is 4.74 Å². The van der Waals surface area contributed by atoms with Gasteiger partial charge in [-0.05, 0) is 42.5 Å². The van der Waals surface area contributed by atoms with E-state index in [0.717, 1.165) is 5.69 Å². The van der Waals surface area contributed by atoms with E-state index >= 15 is 0 Å². The van der Waals surface area contributed by atoms with E-state index in [9.17, 15) is 9.59 Å². The number of carbonyl (C=O) groups is 2. The van der Waals surface area contributed by atoms with E-state index in [1.54, 1.807) is 43.5 Å². The van der Waals surface area contributed by atoms with Crippen LogP contribution in [0.5, 0.6) is 5.75 Å². The Labute approximate surface area is 161 Å². The predicted molar refractivity (Wildman–Crippen MR) is 107 cm³/mol. The number of para-hydroxylation sites is 2. The summed E-state index contributed by atoms with van der Waals surface area (Å²) >= 11 is 0.